The van der Waals surface area contributed by atoms with E-state index in [0.717, 1.165) is 5.39 Å². The van der Waals surface area contributed by atoms with Gasteiger partial charge in [-0.2, -0.15) is 0 Å². The van der Waals surface area contributed by atoms with Gasteiger partial charge in [0.1, 0.15) is 23.1 Å². The molecule has 3 aromatic rings. The molecule has 0 fully saturated rings. The normalized spacial score (nSPS) is 12.5. The molecule has 0 bridgehead atoms. The number of nitrogens with one attached hydrogen (secondary N) is 1. The van der Waals surface area contributed by atoms with Gasteiger partial charge in [-0.1, -0.05) is 32.0 Å². The Morgan fingerprint density at radius 3 is 2.74 bits per heavy atom. The van der Waals surface area contributed by atoms with Crippen molar-refractivity contribution in [3.8, 4) is 5.75 Å². The van der Waals surface area contributed by atoms with E-state index in [0.29, 0.717) is 16.8 Å². The molecule has 2 aromatic heterocycles. The fraction of sp³-hybridized carbons (Fsp3) is 0.222. The molecule has 2 heterocycles. The van der Waals surface area contributed by atoms with Crippen LogP contribution in [0.1, 0.15) is 31.2 Å². The predicted octanol–water partition coefficient (Wildman–Crippen LogP) is 3.40. The molecule has 1 amide bonds. The van der Waals surface area contributed by atoms with Crippen LogP contribution in [0.5, 0.6) is 5.75 Å². The van der Waals surface area contributed by atoms with Crippen LogP contribution in [0.15, 0.2) is 53.3 Å². The summed E-state index contributed by atoms with van der Waals surface area (Å²) in [4.78, 5) is 16.4. The standard InChI is InChI=1S/C18H18N2O3/c1-11(2)18(22)20-16(14-6-4-10-23-14)13-8-7-12-5-3-9-19-15(12)17(13)21/h3-11,16,21H,1-2H3,(H,20,22)/t16-/m0/s1. The molecular formula is C18H18N2O3. The van der Waals surface area contributed by atoms with E-state index in [2.05, 4.69) is 10.3 Å². The number of amides is 1. The fourth-order valence-electron chi connectivity index (χ4n) is 2.44. The van der Waals surface area contributed by atoms with Crippen molar-refractivity contribution in [2.24, 2.45) is 5.92 Å². The summed E-state index contributed by atoms with van der Waals surface area (Å²) in [5.41, 5.74) is 1.06. The zero-order chi connectivity index (χ0) is 16.4. The van der Waals surface area contributed by atoms with Gasteiger partial charge in [-0.05, 0) is 18.2 Å². The molecule has 118 valence electrons. The van der Waals surface area contributed by atoms with E-state index in [1.807, 2.05) is 32.0 Å². The summed E-state index contributed by atoms with van der Waals surface area (Å²) in [6.45, 7) is 3.63. The summed E-state index contributed by atoms with van der Waals surface area (Å²) in [6, 6.07) is 10.3. The molecular weight excluding hydrogens is 292 g/mol. The Bertz CT molecular complexity index is 825. The van der Waals surface area contributed by atoms with E-state index in [1.54, 1.807) is 30.7 Å². The van der Waals surface area contributed by atoms with Crippen molar-refractivity contribution in [1.82, 2.24) is 10.3 Å². The number of carbonyl (C=O) groups is 1. The summed E-state index contributed by atoms with van der Waals surface area (Å²) in [5.74, 6) is 0.318. The van der Waals surface area contributed by atoms with Gasteiger partial charge in [0, 0.05) is 23.1 Å². The topological polar surface area (TPSA) is 75.4 Å². The number of phenols is 1. The van der Waals surface area contributed by atoms with Gasteiger partial charge in [-0.3, -0.25) is 9.78 Å². The van der Waals surface area contributed by atoms with Crippen LogP contribution in [0.2, 0.25) is 0 Å². The van der Waals surface area contributed by atoms with Crippen LogP contribution in [0.25, 0.3) is 10.9 Å². The lowest BCUT2D eigenvalue weighted by atomic mass is 10.00. The van der Waals surface area contributed by atoms with Crippen LogP contribution in [0, 0.1) is 5.92 Å². The molecule has 5 nitrogen and oxygen atoms in total. The van der Waals surface area contributed by atoms with Gasteiger partial charge in [0.05, 0.1) is 6.26 Å². The lowest BCUT2D eigenvalue weighted by Gasteiger charge is -2.20. The zero-order valence-electron chi connectivity index (χ0n) is 13.0. The van der Waals surface area contributed by atoms with E-state index in [-0.39, 0.29) is 17.6 Å². The van der Waals surface area contributed by atoms with Crippen molar-refractivity contribution in [3.05, 3.63) is 60.2 Å². The van der Waals surface area contributed by atoms with Crippen LogP contribution < -0.4 is 5.32 Å². The van der Waals surface area contributed by atoms with Gasteiger partial charge in [-0.25, -0.2) is 0 Å². The SMILES string of the molecule is CC(C)C(=O)N[C@H](c1ccco1)c1ccc2cccnc2c1O. The Balaban J connectivity index is 2.10. The van der Waals surface area contributed by atoms with Gasteiger partial charge >= 0.3 is 0 Å². The summed E-state index contributed by atoms with van der Waals surface area (Å²) >= 11 is 0. The van der Waals surface area contributed by atoms with Crippen molar-refractivity contribution in [1.29, 1.82) is 0 Å². The molecule has 1 aromatic carbocycles. The second-order valence-electron chi connectivity index (χ2n) is 5.69. The van der Waals surface area contributed by atoms with Crippen molar-refractivity contribution in [2.45, 2.75) is 19.9 Å². The third-order valence-corrected chi connectivity index (χ3v) is 3.73. The van der Waals surface area contributed by atoms with Crippen molar-refractivity contribution in [3.63, 3.8) is 0 Å². The highest BCUT2D eigenvalue weighted by Crippen LogP contribution is 2.34. The number of nitrogens with zero attached hydrogens (tertiary/aromatic N) is 1. The Morgan fingerprint density at radius 1 is 1.22 bits per heavy atom. The van der Waals surface area contributed by atoms with Gasteiger partial charge in [-0.15, -0.1) is 0 Å². The molecule has 3 rings (SSSR count). The first-order valence-electron chi connectivity index (χ1n) is 7.48. The Kier molecular flexibility index (Phi) is 4.02. The number of benzene rings is 1. The highest BCUT2D eigenvalue weighted by atomic mass is 16.3. The quantitative estimate of drug-likeness (QED) is 0.774. The van der Waals surface area contributed by atoms with Crippen LogP contribution in [0.4, 0.5) is 0 Å². The first-order chi connectivity index (χ1) is 11.1. The number of pyridine rings is 1. The average Bonchev–Trinajstić information content (AvgIpc) is 3.07. The molecule has 0 saturated heterocycles. The molecule has 23 heavy (non-hydrogen) atoms. The number of furan rings is 1. The lowest BCUT2D eigenvalue weighted by molar-refractivity contribution is -0.124. The third-order valence-electron chi connectivity index (χ3n) is 3.73. The highest BCUT2D eigenvalue weighted by Gasteiger charge is 2.24. The molecule has 0 aliphatic heterocycles. The first kappa shape index (κ1) is 15.1. The van der Waals surface area contributed by atoms with E-state index < -0.39 is 6.04 Å². The van der Waals surface area contributed by atoms with Crippen molar-refractivity contribution < 1.29 is 14.3 Å². The Hall–Kier alpha value is -2.82. The molecule has 0 unspecified atom stereocenters. The maximum absolute atomic E-state index is 12.1. The van der Waals surface area contributed by atoms with E-state index in [9.17, 15) is 9.90 Å². The summed E-state index contributed by atoms with van der Waals surface area (Å²) in [6.07, 6.45) is 3.17. The van der Waals surface area contributed by atoms with Crippen LogP contribution in [-0.2, 0) is 4.79 Å². The zero-order valence-corrected chi connectivity index (χ0v) is 13.0. The van der Waals surface area contributed by atoms with E-state index in [4.69, 9.17) is 4.42 Å². The van der Waals surface area contributed by atoms with Crippen molar-refractivity contribution in [2.75, 3.05) is 0 Å². The van der Waals surface area contributed by atoms with Gasteiger partial charge in [0.2, 0.25) is 5.91 Å². The number of fused-ring (bicyclic) bond motifs is 1. The number of rotatable bonds is 4. The molecule has 0 aliphatic rings. The van der Waals surface area contributed by atoms with Gasteiger partial charge in [0.25, 0.3) is 0 Å². The smallest absolute Gasteiger partial charge is 0.223 e. The van der Waals surface area contributed by atoms with E-state index in [1.165, 1.54) is 0 Å². The Morgan fingerprint density at radius 2 is 2.04 bits per heavy atom. The molecule has 1 atom stereocenters. The first-order valence-corrected chi connectivity index (χ1v) is 7.48. The molecule has 0 saturated carbocycles. The monoisotopic (exact) mass is 310 g/mol. The molecule has 5 heteroatoms. The van der Waals surface area contributed by atoms with E-state index >= 15 is 0 Å². The number of carbonyl (C=O) groups excluding carboxylic acids is 1. The maximum atomic E-state index is 12.1. The Labute approximate surface area is 134 Å². The predicted molar refractivity (Wildman–Crippen MR) is 86.9 cm³/mol. The van der Waals surface area contributed by atoms with Crippen molar-refractivity contribution >= 4 is 16.8 Å². The van der Waals surface area contributed by atoms with Gasteiger partial charge < -0.3 is 14.8 Å². The minimum Gasteiger partial charge on any atom is -0.505 e. The number of hydrogen-bond acceptors (Lipinski definition) is 4. The minimum absolute atomic E-state index is 0.0496. The number of hydrogen-bond donors (Lipinski definition) is 2. The maximum Gasteiger partial charge on any atom is 0.223 e. The molecule has 0 aliphatic carbocycles. The summed E-state index contributed by atoms with van der Waals surface area (Å²) < 4.78 is 5.45. The van der Waals surface area contributed by atoms with Crippen LogP contribution >= 0.6 is 0 Å². The molecule has 0 radical (unpaired) electrons. The largest absolute Gasteiger partial charge is 0.505 e. The second-order valence-corrected chi connectivity index (χ2v) is 5.69. The fourth-order valence-corrected chi connectivity index (χ4v) is 2.44. The molecule has 0 spiro atoms. The van der Waals surface area contributed by atoms with Crippen LogP contribution in [-0.4, -0.2) is 16.0 Å². The third kappa shape index (κ3) is 2.90. The van der Waals surface area contributed by atoms with Gasteiger partial charge in [0.15, 0.2) is 0 Å². The highest BCUT2D eigenvalue weighted by molar-refractivity contribution is 5.86. The summed E-state index contributed by atoms with van der Waals surface area (Å²) in [5, 5.41) is 14.4. The minimum atomic E-state index is -0.564. The molecule has 2 N–H and O–H groups in total. The number of aromatic hydroxyl groups is 1. The second kappa shape index (κ2) is 6.12. The average molecular weight is 310 g/mol. The lowest BCUT2D eigenvalue weighted by Crippen LogP contribution is -2.32. The van der Waals surface area contributed by atoms with Crippen LogP contribution in [0.3, 0.4) is 0 Å². The number of aromatic nitrogens is 1. The summed E-state index contributed by atoms with van der Waals surface area (Å²) in [7, 11) is 0. The number of phenolic OH excluding ortho intramolecular Hbond substituents is 1.